The lowest BCUT2D eigenvalue weighted by molar-refractivity contribution is -0.111. The Bertz CT molecular complexity index is 297. The molecule has 0 saturated carbocycles. The van der Waals surface area contributed by atoms with Crippen LogP contribution in [0.5, 0.6) is 0 Å². The van der Waals surface area contributed by atoms with Gasteiger partial charge in [0, 0.05) is 5.88 Å². The number of hydrogen-bond acceptors (Lipinski definition) is 1. The fourth-order valence-corrected chi connectivity index (χ4v) is 1.92. The number of alkyl halides is 3. The van der Waals surface area contributed by atoms with Gasteiger partial charge >= 0.3 is 0 Å². The van der Waals surface area contributed by atoms with Crippen molar-refractivity contribution in [3.05, 3.63) is 23.3 Å². The van der Waals surface area contributed by atoms with E-state index in [0.717, 1.165) is 0 Å². The second-order valence-corrected chi connectivity index (χ2v) is 6.01. The molecule has 0 heterocycles. The summed E-state index contributed by atoms with van der Waals surface area (Å²) in [6, 6.07) is 0. The van der Waals surface area contributed by atoms with Gasteiger partial charge in [-0.2, -0.15) is 0 Å². The molecule has 0 fully saturated rings. The fourth-order valence-electron chi connectivity index (χ4n) is 0.758. The Labute approximate surface area is 114 Å². The Hall–Kier alpha value is 0.500. The molecule has 0 aliphatic rings. The molecule has 0 radical (unpaired) electrons. The molecule has 0 aromatic carbocycles. The van der Waals surface area contributed by atoms with E-state index in [1.165, 1.54) is 6.08 Å². The van der Waals surface area contributed by atoms with Crippen LogP contribution in [0.4, 0.5) is 0 Å². The van der Waals surface area contributed by atoms with Gasteiger partial charge in [-0.3, -0.25) is 4.79 Å². The summed E-state index contributed by atoms with van der Waals surface area (Å²) < 4.78 is 0. The zero-order valence-electron chi connectivity index (χ0n) is 8.49. The van der Waals surface area contributed by atoms with Crippen molar-refractivity contribution in [2.75, 3.05) is 5.88 Å². The summed E-state index contributed by atoms with van der Waals surface area (Å²) in [7, 11) is 0. The van der Waals surface area contributed by atoms with Crippen molar-refractivity contribution in [2.45, 2.75) is 23.5 Å². The first-order chi connectivity index (χ1) is 6.72. The van der Waals surface area contributed by atoms with Crippen LogP contribution in [-0.4, -0.2) is 21.4 Å². The Morgan fingerprint density at radius 2 is 2.13 bits per heavy atom. The van der Waals surface area contributed by atoms with E-state index in [0.29, 0.717) is 11.5 Å². The Kier molecular flexibility index (Phi) is 6.50. The van der Waals surface area contributed by atoms with Crippen molar-refractivity contribution in [1.29, 1.82) is 0 Å². The minimum atomic E-state index is -0.802. The van der Waals surface area contributed by atoms with Crippen LogP contribution in [0.1, 0.15) is 13.8 Å². The van der Waals surface area contributed by atoms with E-state index in [4.69, 9.17) is 34.8 Å². The van der Waals surface area contributed by atoms with Crippen molar-refractivity contribution >= 4 is 56.5 Å². The highest BCUT2D eigenvalue weighted by atomic mass is 79.9. The average Bonchev–Trinajstić information content (AvgIpc) is 2.14. The third-order valence-electron chi connectivity index (χ3n) is 1.76. The minimum Gasteiger partial charge on any atom is -0.288 e. The quantitative estimate of drug-likeness (QED) is 0.542. The smallest absolute Gasteiger partial charge is 0.199 e. The lowest BCUT2D eigenvalue weighted by Crippen LogP contribution is -2.28. The van der Waals surface area contributed by atoms with Gasteiger partial charge in [-0.15, -0.1) is 23.2 Å². The minimum absolute atomic E-state index is 0.0644. The molecule has 0 unspecified atom stereocenters. The molecular formula is C10H12BrCl3O. The number of hydrogen-bond donors (Lipinski definition) is 0. The second kappa shape index (κ2) is 6.29. The Balaban J connectivity index is 4.88. The largest absolute Gasteiger partial charge is 0.288 e. The number of carbonyl (C=O) groups excluding carboxylic acids is 1. The Morgan fingerprint density at radius 3 is 2.47 bits per heavy atom. The number of ketones is 1. The summed E-state index contributed by atoms with van der Waals surface area (Å²) in [5.74, 6) is 0.0138. The molecule has 0 amide bonds. The number of allylic oxidation sites excluding steroid dienone is 3. The maximum Gasteiger partial charge on any atom is 0.199 e. The third-order valence-corrected chi connectivity index (χ3v) is 4.63. The molecule has 0 aromatic rings. The van der Waals surface area contributed by atoms with Crippen molar-refractivity contribution in [1.82, 2.24) is 0 Å². The summed E-state index contributed by atoms with van der Waals surface area (Å²) in [5.41, 5.74) is 0.376. The number of Topliss-reactive ketones (excluding diaryl/α,β-unsaturated/α-hetero) is 1. The van der Waals surface area contributed by atoms with E-state index in [1.54, 1.807) is 13.8 Å². The summed E-state index contributed by atoms with van der Waals surface area (Å²) >= 11 is 20.9. The molecule has 0 aliphatic heterocycles. The van der Waals surface area contributed by atoms with Crippen molar-refractivity contribution < 1.29 is 4.79 Å². The van der Waals surface area contributed by atoms with Crippen molar-refractivity contribution in [3.63, 3.8) is 0 Å². The van der Waals surface area contributed by atoms with Crippen LogP contribution < -0.4 is 0 Å². The second-order valence-electron chi connectivity index (χ2n) is 3.37. The van der Waals surface area contributed by atoms with Crippen LogP contribution in [0.2, 0.25) is 0 Å². The number of halogens is 4. The van der Waals surface area contributed by atoms with E-state index in [2.05, 4.69) is 22.5 Å². The molecule has 0 spiro atoms. The van der Waals surface area contributed by atoms with E-state index in [9.17, 15) is 4.79 Å². The van der Waals surface area contributed by atoms with Gasteiger partial charge in [-0.1, -0.05) is 34.1 Å². The SMILES string of the molecule is C=C(C)C(=O)/C(Cl)=C/[C@@](C)(Cl)[C@@H](Br)CCl. The molecule has 5 heteroatoms. The van der Waals surface area contributed by atoms with Gasteiger partial charge < -0.3 is 0 Å². The lowest BCUT2D eigenvalue weighted by Gasteiger charge is -2.22. The zero-order chi connectivity index (χ0) is 12.2. The monoisotopic (exact) mass is 332 g/mol. The van der Waals surface area contributed by atoms with Crippen molar-refractivity contribution in [3.8, 4) is 0 Å². The highest BCUT2D eigenvalue weighted by molar-refractivity contribution is 9.09. The molecule has 86 valence electrons. The van der Waals surface area contributed by atoms with Crippen LogP contribution in [-0.2, 0) is 4.79 Å². The predicted molar refractivity (Wildman–Crippen MR) is 71.5 cm³/mol. The van der Waals surface area contributed by atoms with Crippen LogP contribution in [0.3, 0.4) is 0 Å². The maximum absolute atomic E-state index is 11.4. The first kappa shape index (κ1) is 15.5. The standard InChI is InChI=1S/C10H12BrCl3O/c1-6(2)9(15)7(13)4-10(3,14)8(11)5-12/h4,8H,1,5H2,2-3H3/b7-4-/t8-,10+/m0/s1. The van der Waals surface area contributed by atoms with Gasteiger partial charge in [-0.05, 0) is 25.5 Å². The van der Waals surface area contributed by atoms with Crippen molar-refractivity contribution in [2.24, 2.45) is 0 Å². The van der Waals surface area contributed by atoms with Gasteiger partial charge in [0.05, 0.1) is 14.7 Å². The van der Waals surface area contributed by atoms with Gasteiger partial charge in [-0.25, -0.2) is 0 Å². The molecule has 0 aliphatic carbocycles. The van der Waals surface area contributed by atoms with Crippen LogP contribution in [0.25, 0.3) is 0 Å². The molecule has 0 saturated heterocycles. The van der Waals surface area contributed by atoms with Gasteiger partial charge in [0.15, 0.2) is 5.78 Å². The molecule has 1 nitrogen and oxygen atoms in total. The number of rotatable bonds is 5. The topological polar surface area (TPSA) is 17.1 Å². The first-order valence-electron chi connectivity index (χ1n) is 4.20. The molecular weight excluding hydrogens is 322 g/mol. The zero-order valence-corrected chi connectivity index (χ0v) is 12.3. The van der Waals surface area contributed by atoms with Crippen LogP contribution in [0, 0.1) is 0 Å². The molecule has 15 heavy (non-hydrogen) atoms. The third kappa shape index (κ3) is 4.90. The van der Waals surface area contributed by atoms with E-state index in [-0.39, 0.29) is 15.6 Å². The summed E-state index contributed by atoms with van der Waals surface area (Å²) in [6.45, 7) is 6.84. The Morgan fingerprint density at radius 1 is 1.67 bits per heavy atom. The highest BCUT2D eigenvalue weighted by Crippen LogP contribution is 2.30. The molecule has 0 N–H and O–H groups in total. The highest BCUT2D eigenvalue weighted by Gasteiger charge is 2.28. The predicted octanol–water partition coefficient (Wildman–Crippen LogP) is 4.25. The molecule has 0 aromatic heterocycles. The van der Waals surface area contributed by atoms with E-state index >= 15 is 0 Å². The summed E-state index contributed by atoms with van der Waals surface area (Å²) in [5, 5.41) is 0.0644. The maximum atomic E-state index is 11.4. The normalized spacial score (nSPS) is 18.1. The molecule has 0 bridgehead atoms. The lowest BCUT2D eigenvalue weighted by atomic mass is 10.1. The van der Waals surface area contributed by atoms with Crippen LogP contribution in [0.15, 0.2) is 23.3 Å². The fraction of sp³-hybridized carbons (Fsp3) is 0.500. The average molecular weight is 334 g/mol. The number of carbonyl (C=O) groups is 1. The molecule has 0 rings (SSSR count). The first-order valence-corrected chi connectivity index (χ1v) is 6.40. The van der Waals surface area contributed by atoms with Gasteiger partial charge in [0.25, 0.3) is 0 Å². The summed E-state index contributed by atoms with van der Waals surface area (Å²) in [4.78, 5) is 10.5. The van der Waals surface area contributed by atoms with E-state index in [1.807, 2.05) is 0 Å². The van der Waals surface area contributed by atoms with Gasteiger partial charge in [0.2, 0.25) is 0 Å². The van der Waals surface area contributed by atoms with E-state index < -0.39 is 4.87 Å². The summed E-state index contributed by atoms with van der Waals surface area (Å²) in [6.07, 6.45) is 1.48. The molecule has 2 atom stereocenters. The van der Waals surface area contributed by atoms with Gasteiger partial charge in [0.1, 0.15) is 0 Å². The van der Waals surface area contributed by atoms with Crippen LogP contribution >= 0.6 is 50.7 Å².